The second-order valence-corrected chi connectivity index (χ2v) is 8.87. The molecule has 1 atom stereocenters. The molecule has 3 heterocycles. The molecule has 188 valence electrons. The van der Waals surface area contributed by atoms with E-state index >= 15 is 0 Å². The number of para-hydroxylation sites is 1. The van der Waals surface area contributed by atoms with Crippen molar-refractivity contribution in [3.8, 4) is 5.75 Å². The zero-order chi connectivity index (χ0) is 24.8. The predicted molar refractivity (Wildman–Crippen MR) is 133 cm³/mol. The van der Waals surface area contributed by atoms with Crippen molar-refractivity contribution in [2.45, 2.75) is 25.8 Å². The molecule has 4 rings (SSSR count). The number of aryl methyl sites for hydroxylation is 1. The Kier molecular flexibility index (Phi) is 8.20. The lowest BCUT2D eigenvalue weighted by Crippen LogP contribution is -2.46. The highest BCUT2D eigenvalue weighted by Crippen LogP contribution is 2.37. The third kappa shape index (κ3) is 5.74. The van der Waals surface area contributed by atoms with Gasteiger partial charge in [-0.05, 0) is 18.2 Å². The maximum absolute atomic E-state index is 13.7. The predicted octanol–water partition coefficient (Wildman–Crippen LogP) is 2.28. The molecule has 0 saturated carbocycles. The molecule has 0 radical (unpaired) electrons. The van der Waals surface area contributed by atoms with Crippen LogP contribution in [-0.4, -0.2) is 89.9 Å². The van der Waals surface area contributed by atoms with Crippen LogP contribution in [-0.2, 0) is 21.4 Å². The van der Waals surface area contributed by atoms with Crippen molar-refractivity contribution >= 4 is 17.5 Å². The van der Waals surface area contributed by atoms with Crippen LogP contribution in [0.1, 0.15) is 37.1 Å². The van der Waals surface area contributed by atoms with Crippen molar-refractivity contribution in [3.05, 3.63) is 53.9 Å². The van der Waals surface area contributed by atoms with Gasteiger partial charge in [0.2, 0.25) is 5.91 Å². The monoisotopic (exact) mass is 481 g/mol. The largest absolute Gasteiger partial charge is 0.496 e. The number of nitrogens with zero attached hydrogens (tertiary/aromatic N) is 5. The summed E-state index contributed by atoms with van der Waals surface area (Å²) in [5.74, 6) is 0.479. The van der Waals surface area contributed by atoms with Crippen LogP contribution in [0.5, 0.6) is 5.75 Å². The Bertz CT molecular complexity index is 1060. The fourth-order valence-corrected chi connectivity index (χ4v) is 4.68. The number of benzene rings is 1. The zero-order valence-corrected chi connectivity index (χ0v) is 20.9. The van der Waals surface area contributed by atoms with E-state index in [0.29, 0.717) is 38.3 Å². The van der Waals surface area contributed by atoms with Gasteiger partial charge in [0.1, 0.15) is 12.3 Å². The molecule has 1 aromatic heterocycles. The van der Waals surface area contributed by atoms with E-state index in [0.717, 1.165) is 36.6 Å². The number of morpholine rings is 1. The average Bonchev–Trinajstić information content (AvgIpc) is 3.52. The van der Waals surface area contributed by atoms with Crippen LogP contribution in [0.15, 0.2) is 47.7 Å². The molecular weight excluding hydrogens is 446 g/mol. The number of ether oxygens (including phenoxy) is 2. The Morgan fingerprint density at radius 1 is 1.17 bits per heavy atom. The fraction of sp³-hybridized carbons (Fsp3) is 0.500. The minimum Gasteiger partial charge on any atom is -0.496 e. The van der Waals surface area contributed by atoms with Crippen LogP contribution in [0.4, 0.5) is 0 Å². The number of carbonyl (C=O) groups excluding carboxylic acids is 2. The molecule has 1 fully saturated rings. The first-order chi connectivity index (χ1) is 17.0. The van der Waals surface area contributed by atoms with Crippen molar-refractivity contribution in [2.75, 3.05) is 53.0 Å². The van der Waals surface area contributed by atoms with E-state index in [1.807, 2.05) is 61.1 Å². The van der Waals surface area contributed by atoms with Crippen LogP contribution in [0.3, 0.4) is 0 Å². The number of carbonyl (C=O) groups is 2. The van der Waals surface area contributed by atoms with E-state index in [1.54, 1.807) is 17.0 Å². The Labute approximate surface area is 206 Å². The smallest absolute Gasteiger partial charge is 0.262 e. The van der Waals surface area contributed by atoms with E-state index in [4.69, 9.17) is 14.6 Å². The lowest BCUT2D eigenvalue weighted by atomic mass is 9.99. The van der Waals surface area contributed by atoms with E-state index in [2.05, 4.69) is 4.90 Å². The summed E-state index contributed by atoms with van der Waals surface area (Å²) in [4.78, 5) is 30.3. The minimum atomic E-state index is -0.304. The van der Waals surface area contributed by atoms with Crippen molar-refractivity contribution in [1.29, 1.82) is 0 Å². The van der Waals surface area contributed by atoms with Crippen LogP contribution >= 0.6 is 0 Å². The Balaban J connectivity index is 1.56. The second-order valence-electron chi connectivity index (χ2n) is 8.87. The molecule has 1 aromatic carbocycles. The molecule has 0 aliphatic carbocycles. The standard InChI is InChI=1S/C26H35N5O4/c1-4-25(32)30(13-12-29-14-16-35-17-15-29)19-26(33)31-23(20-8-5-6-10-24(20)34-3)18-21(27-31)22-9-7-11-28(22)2/h5-11,23H,4,12-19H2,1-3H3/t23-/m1/s1. The normalized spacial score (nSPS) is 18.4. The van der Waals surface area contributed by atoms with Gasteiger partial charge < -0.3 is 18.9 Å². The molecule has 35 heavy (non-hydrogen) atoms. The van der Waals surface area contributed by atoms with Gasteiger partial charge in [0, 0.05) is 57.8 Å². The quantitative estimate of drug-likeness (QED) is 0.549. The van der Waals surface area contributed by atoms with E-state index in [-0.39, 0.29) is 24.4 Å². The van der Waals surface area contributed by atoms with Crippen LogP contribution in [0.25, 0.3) is 0 Å². The number of rotatable bonds is 9. The third-order valence-electron chi connectivity index (χ3n) is 6.67. The molecule has 0 spiro atoms. The highest BCUT2D eigenvalue weighted by Gasteiger charge is 2.36. The average molecular weight is 482 g/mol. The highest BCUT2D eigenvalue weighted by molar-refractivity contribution is 6.02. The molecule has 0 N–H and O–H groups in total. The Morgan fingerprint density at radius 2 is 1.94 bits per heavy atom. The minimum absolute atomic E-state index is 0.00736. The van der Waals surface area contributed by atoms with Gasteiger partial charge in [-0.1, -0.05) is 25.1 Å². The number of hydrogen-bond donors (Lipinski definition) is 0. The van der Waals surface area contributed by atoms with Crippen LogP contribution in [0.2, 0.25) is 0 Å². The molecule has 2 aliphatic heterocycles. The number of hydrazone groups is 1. The Morgan fingerprint density at radius 3 is 2.63 bits per heavy atom. The summed E-state index contributed by atoms with van der Waals surface area (Å²) in [6.07, 6.45) is 2.89. The summed E-state index contributed by atoms with van der Waals surface area (Å²) in [5, 5.41) is 6.32. The maximum Gasteiger partial charge on any atom is 0.262 e. The highest BCUT2D eigenvalue weighted by atomic mass is 16.5. The summed E-state index contributed by atoms with van der Waals surface area (Å²) < 4.78 is 13.0. The lowest BCUT2D eigenvalue weighted by molar-refractivity contribution is -0.141. The van der Waals surface area contributed by atoms with Crippen molar-refractivity contribution in [2.24, 2.45) is 12.1 Å². The summed E-state index contributed by atoms with van der Waals surface area (Å²) in [6, 6.07) is 11.4. The topological polar surface area (TPSA) is 79.6 Å². The van der Waals surface area contributed by atoms with Gasteiger partial charge in [0.15, 0.2) is 0 Å². The van der Waals surface area contributed by atoms with Crippen molar-refractivity contribution < 1.29 is 19.1 Å². The molecule has 9 heteroatoms. The fourth-order valence-electron chi connectivity index (χ4n) is 4.68. The summed E-state index contributed by atoms with van der Waals surface area (Å²) >= 11 is 0. The number of hydrogen-bond acceptors (Lipinski definition) is 6. The first-order valence-corrected chi connectivity index (χ1v) is 12.2. The lowest BCUT2D eigenvalue weighted by Gasteiger charge is -2.31. The van der Waals surface area contributed by atoms with Gasteiger partial charge in [-0.25, -0.2) is 5.01 Å². The van der Waals surface area contributed by atoms with Gasteiger partial charge in [0.05, 0.1) is 37.8 Å². The van der Waals surface area contributed by atoms with Crippen LogP contribution < -0.4 is 4.74 Å². The summed E-state index contributed by atoms with van der Waals surface area (Å²) in [6.45, 7) is 6.12. The molecular formula is C26H35N5O4. The van der Waals surface area contributed by atoms with Gasteiger partial charge in [-0.2, -0.15) is 5.10 Å². The van der Waals surface area contributed by atoms with E-state index in [9.17, 15) is 9.59 Å². The first-order valence-electron chi connectivity index (χ1n) is 12.2. The van der Waals surface area contributed by atoms with Crippen molar-refractivity contribution in [1.82, 2.24) is 19.4 Å². The third-order valence-corrected chi connectivity index (χ3v) is 6.67. The van der Waals surface area contributed by atoms with Crippen LogP contribution in [0, 0.1) is 0 Å². The van der Waals surface area contributed by atoms with Gasteiger partial charge in [-0.3, -0.25) is 14.5 Å². The Hall–Kier alpha value is -3.17. The summed E-state index contributed by atoms with van der Waals surface area (Å²) in [5.41, 5.74) is 2.70. The molecule has 2 aliphatic rings. The molecule has 2 amide bonds. The zero-order valence-electron chi connectivity index (χ0n) is 20.9. The SMILES string of the molecule is CCC(=O)N(CCN1CCOCC1)CC(=O)N1N=C(c2cccn2C)C[C@@H]1c1ccccc1OC. The number of methoxy groups -OCH3 is 1. The van der Waals surface area contributed by atoms with E-state index < -0.39 is 0 Å². The van der Waals surface area contributed by atoms with Gasteiger partial charge in [0.25, 0.3) is 5.91 Å². The molecule has 0 bridgehead atoms. The van der Waals surface area contributed by atoms with Crippen molar-refractivity contribution in [3.63, 3.8) is 0 Å². The molecule has 9 nitrogen and oxygen atoms in total. The maximum atomic E-state index is 13.7. The molecule has 1 saturated heterocycles. The number of aromatic nitrogens is 1. The molecule has 0 unspecified atom stereocenters. The first kappa shape index (κ1) is 24.9. The van der Waals surface area contributed by atoms with E-state index in [1.165, 1.54) is 0 Å². The van der Waals surface area contributed by atoms with Gasteiger partial charge in [-0.15, -0.1) is 0 Å². The number of amides is 2. The summed E-state index contributed by atoms with van der Waals surface area (Å²) in [7, 11) is 3.60. The second kappa shape index (κ2) is 11.5. The van der Waals surface area contributed by atoms with Gasteiger partial charge >= 0.3 is 0 Å². The molecule has 2 aromatic rings.